The van der Waals surface area contributed by atoms with Crippen molar-refractivity contribution in [3.8, 4) is 0 Å². The van der Waals surface area contributed by atoms with E-state index in [0.717, 1.165) is 19.3 Å². The van der Waals surface area contributed by atoms with Crippen molar-refractivity contribution in [2.75, 3.05) is 0 Å². The van der Waals surface area contributed by atoms with E-state index in [0.29, 0.717) is 29.2 Å². The van der Waals surface area contributed by atoms with Gasteiger partial charge in [-0.3, -0.25) is 0 Å². The maximum absolute atomic E-state index is 12.8. The van der Waals surface area contributed by atoms with Gasteiger partial charge in [-0.15, -0.1) is 0 Å². The second kappa shape index (κ2) is 4.32. The average Bonchev–Trinajstić information content (AvgIpc) is 2.66. The summed E-state index contributed by atoms with van der Waals surface area (Å²) in [7, 11) is -3.55. The summed E-state index contributed by atoms with van der Waals surface area (Å²) in [4.78, 5) is 0.234. The van der Waals surface area contributed by atoms with Crippen LogP contribution in [0.2, 0.25) is 0 Å². The smallest absolute Gasteiger partial charge is 0.246 e. The molecule has 116 valence electrons. The normalized spacial score (nSPS) is 38.1. The molecular weight excluding hydrogens is 288 g/mol. The monoisotopic (exact) mass is 310 g/mol. The molecule has 4 fully saturated rings. The summed E-state index contributed by atoms with van der Waals surface area (Å²) >= 11 is 0. The first-order chi connectivity index (χ1) is 9.87. The van der Waals surface area contributed by atoms with Crippen LogP contribution in [0.25, 0.3) is 0 Å². The third kappa shape index (κ3) is 2.14. The largest absolute Gasteiger partial charge is 0.360 e. The van der Waals surface area contributed by atoms with E-state index in [2.05, 4.69) is 9.88 Å². The first-order valence-corrected chi connectivity index (χ1v) is 9.32. The molecule has 0 amide bonds. The minimum absolute atomic E-state index is 0.219. The van der Waals surface area contributed by atoms with Crippen LogP contribution in [0.5, 0.6) is 0 Å². The van der Waals surface area contributed by atoms with Crippen LogP contribution in [-0.2, 0) is 10.0 Å². The second-order valence-corrected chi connectivity index (χ2v) is 9.08. The molecule has 4 saturated carbocycles. The van der Waals surface area contributed by atoms with Gasteiger partial charge in [-0.25, -0.2) is 13.1 Å². The van der Waals surface area contributed by atoms with Crippen molar-refractivity contribution >= 4 is 10.0 Å². The molecule has 5 nitrogen and oxygen atoms in total. The second-order valence-electron chi connectivity index (χ2n) is 7.46. The summed E-state index contributed by atoms with van der Waals surface area (Å²) in [5.41, 5.74) is 0.230. The highest BCUT2D eigenvalue weighted by Crippen LogP contribution is 2.56. The fraction of sp³-hybridized carbons (Fsp3) is 0.800. The molecule has 21 heavy (non-hydrogen) atoms. The van der Waals surface area contributed by atoms with Gasteiger partial charge in [0.15, 0.2) is 5.76 Å². The van der Waals surface area contributed by atoms with Crippen LogP contribution < -0.4 is 4.72 Å². The Hall–Kier alpha value is -0.880. The SMILES string of the molecule is Cc1noc(C)c1S(=O)(=O)NC12CC3CC(CC(C3)C1)C2. The predicted molar refractivity (Wildman–Crippen MR) is 77.2 cm³/mol. The molecular formula is C15H22N2O3S. The lowest BCUT2D eigenvalue weighted by molar-refractivity contribution is -0.00811. The zero-order valence-corrected chi connectivity index (χ0v) is 13.4. The van der Waals surface area contributed by atoms with E-state index in [9.17, 15) is 8.42 Å². The van der Waals surface area contributed by atoms with Crippen LogP contribution in [0.4, 0.5) is 0 Å². The van der Waals surface area contributed by atoms with Crippen LogP contribution in [0, 0.1) is 31.6 Å². The van der Waals surface area contributed by atoms with Crippen molar-refractivity contribution < 1.29 is 12.9 Å². The summed E-state index contributed by atoms with van der Waals surface area (Å²) in [6.07, 6.45) is 6.90. The Labute approximate surface area is 125 Å². The molecule has 0 radical (unpaired) electrons. The molecule has 4 aliphatic carbocycles. The van der Waals surface area contributed by atoms with Crippen molar-refractivity contribution in [1.29, 1.82) is 0 Å². The number of nitrogens with zero attached hydrogens (tertiary/aromatic N) is 1. The number of nitrogens with one attached hydrogen (secondary N) is 1. The number of aromatic nitrogens is 1. The first-order valence-electron chi connectivity index (χ1n) is 7.84. The van der Waals surface area contributed by atoms with E-state index < -0.39 is 10.0 Å². The molecule has 4 aliphatic rings. The molecule has 0 aliphatic heterocycles. The van der Waals surface area contributed by atoms with Crippen molar-refractivity contribution in [2.24, 2.45) is 17.8 Å². The number of rotatable bonds is 3. The quantitative estimate of drug-likeness (QED) is 0.931. The van der Waals surface area contributed by atoms with Crippen LogP contribution in [0.15, 0.2) is 9.42 Å². The van der Waals surface area contributed by atoms with E-state index >= 15 is 0 Å². The highest BCUT2D eigenvalue weighted by molar-refractivity contribution is 7.89. The van der Waals surface area contributed by atoms with Gasteiger partial charge in [0.1, 0.15) is 10.6 Å². The summed E-state index contributed by atoms with van der Waals surface area (Å²) in [5, 5.41) is 3.78. The summed E-state index contributed by atoms with van der Waals surface area (Å²) in [6.45, 7) is 3.35. The van der Waals surface area contributed by atoms with Crippen LogP contribution in [0.3, 0.4) is 0 Å². The average molecular weight is 310 g/mol. The standard InChI is InChI=1S/C15H22N2O3S/c1-9-14(10(2)20-16-9)21(18,19)17-15-6-11-3-12(7-15)5-13(4-11)8-15/h11-13,17H,3-8H2,1-2H3. The van der Waals surface area contributed by atoms with Gasteiger partial charge in [-0.1, -0.05) is 5.16 Å². The van der Waals surface area contributed by atoms with Gasteiger partial charge in [0, 0.05) is 5.54 Å². The van der Waals surface area contributed by atoms with Crippen molar-refractivity contribution in [1.82, 2.24) is 9.88 Å². The van der Waals surface area contributed by atoms with Crippen LogP contribution in [0.1, 0.15) is 50.0 Å². The number of hydrogen-bond acceptors (Lipinski definition) is 4. The molecule has 0 atom stereocenters. The van der Waals surface area contributed by atoms with Gasteiger partial charge in [-0.2, -0.15) is 0 Å². The van der Waals surface area contributed by atoms with E-state index in [4.69, 9.17) is 4.52 Å². The van der Waals surface area contributed by atoms with Crippen LogP contribution in [-0.4, -0.2) is 19.1 Å². The van der Waals surface area contributed by atoms with Gasteiger partial charge < -0.3 is 4.52 Å². The lowest BCUT2D eigenvalue weighted by Crippen LogP contribution is -2.59. The fourth-order valence-corrected chi connectivity index (χ4v) is 7.19. The summed E-state index contributed by atoms with van der Waals surface area (Å²) in [5.74, 6) is 2.51. The van der Waals surface area contributed by atoms with Crippen molar-refractivity contribution in [2.45, 2.75) is 62.8 Å². The van der Waals surface area contributed by atoms with Crippen molar-refractivity contribution in [3.05, 3.63) is 11.5 Å². The van der Waals surface area contributed by atoms with E-state index in [1.165, 1.54) is 19.3 Å². The van der Waals surface area contributed by atoms with Gasteiger partial charge in [0.2, 0.25) is 10.0 Å². The third-order valence-electron chi connectivity index (χ3n) is 5.63. The van der Waals surface area contributed by atoms with E-state index in [1.54, 1.807) is 13.8 Å². The van der Waals surface area contributed by atoms with Gasteiger partial charge in [0.05, 0.1) is 0 Å². The molecule has 1 heterocycles. The third-order valence-corrected chi connectivity index (χ3v) is 7.45. The Morgan fingerprint density at radius 1 is 1.10 bits per heavy atom. The maximum Gasteiger partial charge on any atom is 0.246 e. The molecule has 4 bridgehead atoms. The molecule has 0 unspecified atom stereocenters. The Morgan fingerprint density at radius 2 is 1.62 bits per heavy atom. The van der Waals surface area contributed by atoms with Crippen molar-refractivity contribution in [3.63, 3.8) is 0 Å². The van der Waals surface area contributed by atoms with Gasteiger partial charge in [-0.05, 0) is 70.1 Å². The zero-order valence-electron chi connectivity index (χ0n) is 12.6. The lowest BCUT2D eigenvalue weighted by Gasteiger charge is -2.56. The fourth-order valence-electron chi connectivity index (χ4n) is 5.43. The Kier molecular flexibility index (Phi) is 2.83. The predicted octanol–water partition coefficient (Wildman–Crippen LogP) is 2.54. The topological polar surface area (TPSA) is 72.2 Å². The zero-order chi connectivity index (χ0) is 14.8. The van der Waals surface area contributed by atoms with Gasteiger partial charge >= 0.3 is 0 Å². The molecule has 5 rings (SSSR count). The lowest BCUT2D eigenvalue weighted by atomic mass is 9.53. The Morgan fingerprint density at radius 3 is 2.05 bits per heavy atom. The minimum Gasteiger partial charge on any atom is -0.360 e. The maximum atomic E-state index is 12.8. The number of sulfonamides is 1. The molecule has 6 heteroatoms. The minimum atomic E-state index is -3.55. The summed E-state index contributed by atoms with van der Waals surface area (Å²) in [6, 6.07) is 0. The first kappa shape index (κ1) is 13.8. The molecule has 0 spiro atoms. The van der Waals surface area contributed by atoms with Crippen LogP contribution >= 0.6 is 0 Å². The molecule has 1 aromatic rings. The highest BCUT2D eigenvalue weighted by atomic mass is 32.2. The summed E-state index contributed by atoms with van der Waals surface area (Å²) < 4.78 is 33.7. The molecule has 0 saturated heterocycles. The van der Waals surface area contributed by atoms with E-state index in [1.807, 2.05) is 0 Å². The highest BCUT2D eigenvalue weighted by Gasteiger charge is 2.52. The Bertz CT molecular complexity index is 622. The Balaban J connectivity index is 1.67. The number of hydrogen-bond donors (Lipinski definition) is 1. The van der Waals surface area contributed by atoms with Gasteiger partial charge in [0.25, 0.3) is 0 Å². The molecule has 1 aromatic heterocycles. The molecule has 0 aromatic carbocycles. The molecule has 1 N–H and O–H groups in total. The van der Waals surface area contributed by atoms with E-state index in [-0.39, 0.29) is 10.4 Å². The number of aryl methyl sites for hydroxylation is 2.